The van der Waals surface area contributed by atoms with Crippen LogP contribution in [0, 0.1) is 0 Å². The van der Waals surface area contributed by atoms with Gasteiger partial charge in [-0.2, -0.15) is 13.2 Å². The molecule has 0 aliphatic rings. The van der Waals surface area contributed by atoms with Crippen molar-refractivity contribution in [1.82, 2.24) is 10.2 Å². The highest BCUT2D eigenvalue weighted by Crippen LogP contribution is 2.29. The van der Waals surface area contributed by atoms with Crippen molar-refractivity contribution in [2.75, 3.05) is 21.1 Å². The van der Waals surface area contributed by atoms with Gasteiger partial charge in [-0.25, -0.2) is 0 Å². The Morgan fingerprint density at radius 2 is 1.60 bits per heavy atom. The minimum Gasteiger partial charge on any atom is -0.315 e. The largest absolute Gasteiger partial charge is 0.416 e. The van der Waals surface area contributed by atoms with Crippen LogP contribution in [-0.2, 0) is 12.6 Å². The third kappa shape index (κ3) is 3.96. The molecule has 0 saturated carbocycles. The van der Waals surface area contributed by atoms with E-state index >= 15 is 0 Å². The Hall–Kier alpha value is -1.07. The van der Waals surface area contributed by atoms with E-state index in [0.29, 0.717) is 6.42 Å². The lowest BCUT2D eigenvalue weighted by Crippen LogP contribution is -2.55. The summed E-state index contributed by atoms with van der Waals surface area (Å²) in [6, 6.07) is 5.54. The fourth-order valence-corrected chi connectivity index (χ4v) is 2.08. The van der Waals surface area contributed by atoms with Crippen molar-refractivity contribution in [2.24, 2.45) is 0 Å². The zero-order valence-corrected chi connectivity index (χ0v) is 12.7. The maximum absolute atomic E-state index is 12.5. The summed E-state index contributed by atoms with van der Waals surface area (Å²) < 4.78 is 37.6. The summed E-state index contributed by atoms with van der Waals surface area (Å²) in [6.45, 7) is 4.22. The van der Waals surface area contributed by atoms with Gasteiger partial charge in [-0.05, 0) is 59.1 Å². The smallest absolute Gasteiger partial charge is 0.315 e. The van der Waals surface area contributed by atoms with Crippen molar-refractivity contribution in [3.05, 3.63) is 35.4 Å². The molecule has 1 atom stereocenters. The standard InChI is InChI=1S/C15H23F3N2/c1-14(2,20(4)5)13(19-3)10-11-6-8-12(9-7-11)15(16,17)18/h6-9,13,19H,10H2,1-5H3. The number of hydrogen-bond acceptors (Lipinski definition) is 2. The Kier molecular flexibility index (Phi) is 5.21. The lowest BCUT2D eigenvalue weighted by Gasteiger charge is -2.40. The number of halogens is 3. The van der Waals surface area contributed by atoms with E-state index in [1.165, 1.54) is 0 Å². The van der Waals surface area contributed by atoms with Crippen molar-refractivity contribution in [2.45, 2.75) is 38.0 Å². The first kappa shape index (κ1) is 17.0. The van der Waals surface area contributed by atoms with Crippen LogP contribution in [0.4, 0.5) is 13.2 Å². The molecule has 0 radical (unpaired) electrons. The van der Waals surface area contributed by atoms with Crippen LogP contribution < -0.4 is 5.32 Å². The zero-order valence-electron chi connectivity index (χ0n) is 12.7. The van der Waals surface area contributed by atoms with Crippen molar-refractivity contribution >= 4 is 0 Å². The first-order valence-electron chi connectivity index (χ1n) is 6.60. The fraction of sp³-hybridized carbons (Fsp3) is 0.600. The maximum atomic E-state index is 12.5. The molecule has 0 fully saturated rings. The van der Waals surface area contributed by atoms with E-state index in [4.69, 9.17) is 0 Å². The molecule has 1 aromatic carbocycles. The predicted molar refractivity (Wildman–Crippen MR) is 75.8 cm³/mol. The molecule has 1 aromatic rings. The average molecular weight is 288 g/mol. The van der Waals surface area contributed by atoms with Crippen LogP contribution in [0.3, 0.4) is 0 Å². The number of nitrogens with one attached hydrogen (secondary N) is 1. The Morgan fingerprint density at radius 3 is 1.95 bits per heavy atom. The normalized spacial score (nSPS) is 14.7. The predicted octanol–water partition coefficient (Wildman–Crippen LogP) is 3.18. The van der Waals surface area contributed by atoms with E-state index in [0.717, 1.165) is 17.7 Å². The van der Waals surface area contributed by atoms with Gasteiger partial charge in [-0.1, -0.05) is 12.1 Å². The van der Waals surface area contributed by atoms with Crippen molar-refractivity contribution in [1.29, 1.82) is 0 Å². The molecule has 1 unspecified atom stereocenters. The van der Waals surface area contributed by atoms with Crippen LogP contribution >= 0.6 is 0 Å². The quantitative estimate of drug-likeness (QED) is 0.895. The van der Waals surface area contributed by atoms with Gasteiger partial charge in [0, 0.05) is 11.6 Å². The minimum atomic E-state index is -4.27. The highest BCUT2D eigenvalue weighted by molar-refractivity contribution is 5.25. The molecule has 0 amide bonds. The van der Waals surface area contributed by atoms with Gasteiger partial charge in [0.25, 0.3) is 0 Å². The van der Waals surface area contributed by atoms with Crippen LogP contribution in [0.25, 0.3) is 0 Å². The summed E-state index contributed by atoms with van der Waals surface area (Å²) in [6.07, 6.45) is -3.59. The average Bonchev–Trinajstić information content (AvgIpc) is 2.35. The van der Waals surface area contributed by atoms with E-state index < -0.39 is 11.7 Å². The number of nitrogens with zero attached hydrogens (tertiary/aromatic N) is 1. The maximum Gasteiger partial charge on any atom is 0.416 e. The van der Waals surface area contributed by atoms with Gasteiger partial charge in [0.15, 0.2) is 0 Å². The summed E-state index contributed by atoms with van der Waals surface area (Å²) in [5.74, 6) is 0. The van der Waals surface area contributed by atoms with Gasteiger partial charge in [-0.15, -0.1) is 0 Å². The van der Waals surface area contributed by atoms with Crippen LogP contribution in [-0.4, -0.2) is 37.6 Å². The van der Waals surface area contributed by atoms with Gasteiger partial charge >= 0.3 is 6.18 Å². The molecule has 5 heteroatoms. The molecule has 0 saturated heterocycles. The van der Waals surface area contributed by atoms with Crippen LogP contribution in [0.1, 0.15) is 25.0 Å². The molecule has 0 spiro atoms. The summed E-state index contributed by atoms with van der Waals surface area (Å²) in [7, 11) is 5.87. The topological polar surface area (TPSA) is 15.3 Å². The lowest BCUT2D eigenvalue weighted by molar-refractivity contribution is -0.137. The lowest BCUT2D eigenvalue weighted by atomic mass is 9.88. The summed E-state index contributed by atoms with van der Waals surface area (Å²) >= 11 is 0. The molecule has 0 aliphatic heterocycles. The second-order valence-corrected chi connectivity index (χ2v) is 5.79. The molecular weight excluding hydrogens is 265 g/mol. The van der Waals surface area contributed by atoms with Gasteiger partial charge in [0.2, 0.25) is 0 Å². The van der Waals surface area contributed by atoms with E-state index in [2.05, 4.69) is 24.1 Å². The van der Waals surface area contributed by atoms with Crippen molar-refractivity contribution < 1.29 is 13.2 Å². The molecule has 0 heterocycles. The third-order valence-electron chi connectivity index (χ3n) is 4.07. The van der Waals surface area contributed by atoms with E-state index in [9.17, 15) is 13.2 Å². The SMILES string of the molecule is CNC(Cc1ccc(C(F)(F)F)cc1)C(C)(C)N(C)C. The summed E-state index contributed by atoms with van der Waals surface area (Å²) in [4.78, 5) is 2.11. The fourth-order valence-electron chi connectivity index (χ4n) is 2.08. The number of hydrogen-bond donors (Lipinski definition) is 1. The van der Waals surface area contributed by atoms with E-state index in [1.807, 2.05) is 21.1 Å². The van der Waals surface area contributed by atoms with Gasteiger partial charge in [0.05, 0.1) is 5.56 Å². The molecule has 0 aliphatic carbocycles. The zero-order chi connectivity index (χ0) is 15.6. The summed E-state index contributed by atoms with van der Waals surface area (Å²) in [5, 5.41) is 3.25. The Labute approximate surface area is 119 Å². The van der Waals surface area contributed by atoms with Gasteiger partial charge in [-0.3, -0.25) is 0 Å². The highest BCUT2D eigenvalue weighted by Gasteiger charge is 2.32. The molecule has 0 aromatic heterocycles. The van der Waals surface area contributed by atoms with E-state index in [1.54, 1.807) is 12.1 Å². The molecule has 2 nitrogen and oxygen atoms in total. The first-order valence-corrected chi connectivity index (χ1v) is 6.60. The molecular formula is C15H23F3N2. The molecule has 20 heavy (non-hydrogen) atoms. The number of likely N-dealkylation sites (N-methyl/N-ethyl adjacent to an activating group) is 2. The van der Waals surface area contributed by atoms with Crippen LogP contribution in [0.2, 0.25) is 0 Å². The molecule has 0 bridgehead atoms. The van der Waals surface area contributed by atoms with Gasteiger partial charge in [0.1, 0.15) is 0 Å². The number of rotatable bonds is 5. The van der Waals surface area contributed by atoms with Crippen molar-refractivity contribution in [3.8, 4) is 0 Å². The van der Waals surface area contributed by atoms with Crippen LogP contribution in [0.5, 0.6) is 0 Å². The number of alkyl halides is 3. The van der Waals surface area contributed by atoms with Crippen LogP contribution in [0.15, 0.2) is 24.3 Å². The minimum absolute atomic E-state index is 0.0998. The van der Waals surface area contributed by atoms with Gasteiger partial charge < -0.3 is 10.2 Å². The second kappa shape index (κ2) is 6.14. The first-order chi connectivity index (χ1) is 9.09. The molecule has 1 N–H and O–H groups in total. The number of benzene rings is 1. The van der Waals surface area contributed by atoms with Crippen molar-refractivity contribution in [3.63, 3.8) is 0 Å². The Balaban J connectivity index is 2.87. The molecule has 114 valence electrons. The Bertz CT molecular complexity index is 422. The second-order valence-electron chi connectivity index (χ2n) is 5.79. The Morgan fingerprint density at radius 1 is 1.10 bits per heavy atom. The monoisotopic (exact) mass is 288 g/mol. The van der Waals surface area contributed by atoms with E-state index in [-0.39, 0.29) is 11.6 Å². The molecule has 1 rings (SSSR count). The summed E-state index contributed by atoms with van der Waals surface area (Å²) in [5.41, 5.74) is 0.193. The highest BCUT2D eigenvalue weighted by atomic mass is 19.4. The third-order valence-corrected chi connectivity index (χ3v) is 4.07.